The molecule has 3 atom stereocenters. The van der Waals surface area contributed by atoms with Crippen molar-refractivity contribution >= 4 is 5.78 Å². The van der Waals surface area contributed by atoms with E-state index < -0.39 is 0 Å². The third-order valence-electron chi connectivity index (χ3n) is 3.23. The molecular weight excluding hydrogens is 164 g/mol. The summed E-state index contributed by atoms with van der Waals surface area (Å²) < 4.78 is 5.42. The molecule has 1 aliphatic rings. The Morgan fingerprint density at radius 2 is 2.15 bits per heavy atom. The Morgan fingerprint density at radius 3 is 2.62 bits per heavy atom. The van der Waals surface area contributed by atoms with Gasteiger partial charge in [0.2, 0.25) is 0 Å². The van der Waals surface area contributed by atoms with Crippen molar-refractivity contribution in [3.8, 4) is 0 Å². The van der Waals surface area contributed by atoms with E-state index in [4.69, 9.17) is 4.74 Å². The molecule has 0 aromatic carbocycles. The van der Waals surface area contributed by atoms with Crippen LogP contribution in [0, 0.1) is 11.8 Å². The van der Waals surface area contributed by atoms with Gasteiger partial charge in [-0.1, -0.05) is 13.3 Å². The zero-order valence-electron chi connectivity index (χ0n) is 8.88. The van der Waals surface area contributed by atoms with Crippen molar-refractivity contribution in [1.29, 1.82) is 0 Å². The predicted molar refractivity (Wildman–Crippen MR) is 52.6 cm³/mol. The lowest BCUT2D eigenvalue weighted by Crippen LogP contribution is -2.21. The van der Waals surface area contributed by atoms with Crippen LogP contribution in [0.1, 0.15) is 39.5 Å². The summed E-state index contributed by atoms with van der Waals surface area (Å²) in [5.74, 6) is 1.50. The molecule has 2 nitrogen and oxygen atoms in total. The molecule has 1 aliphatic carbocycles. The Morgan fingerprint density at radius 1 is 1.46 bits per heavy atom. The molecule has 0 amide bonds. The Labute approximate surface area is 80.7 Å². The molecule has 0 aliphatic heterocycles. The van der Waals surface area contributed by atoms with Crippen LogP contribution in [-0.2, 0) is 9.53 Å². The Hall–Kier alpha value is -0.370. The van der Waals surface area contributed by atoms with Crippen LogP contribution in [0.4, 0.5) is 0 Å². The first-order chi connectivity index (χ1) is 6.19. The van der Waals surface area contributed by atoms with E-state index in [1.165, 1.54) is 0 Å². The van der Waals surface area contributed by atoms with E-state index in [9.17, 15) is 4.79 Å². The molecule has 2 heteroatoms. The van der Waals surface area contributed by atoms with E-state index in [0.717, 1.165) is 25.7 Å². The number of hydrogen-bond acceptors (Lipinski definition) is 2. The predicted octanol–water partition coefficient (Wildman–Crippen LogP) is 2.42. The van der Waals surface area contributed by atoms with Gasteiger partial charge in [-0.2, -0.15) is 0 Å². The monoisotopic (exact) mass is 184 g/mol. The fourth-order valence-corrected chi connectivity index (χ4v) is 2.62. The molecule has 0 aromatic rings. The molecule has 1 saturated carbocycles. The van der Waals surface area contributed by atoms with E-state index in [1.54, 1.807) is 14.0 Å². The highest BCUT2D eigenvalue weighted by atomic mass is 16.5. The number of hydrogen-bond donors (Lipinski definition) is 0. The molecule has 0 heterocycles. The number of methoxy groups -OCH3 is 1. The molecule has 0 spiro atoms. The van der Waals surface area contributed by atoms with Crippen molar-refractivity contribution in [2.24, 2.45) is 11.8 Å². The second-order valence-electron chi connectivity index (χ2n) is 4.09. The molecule has 76 valence electrons. The summed E-state index contributed by atoms with van der Waals surface area (Å²) in [4.78, 5) is 11.0. The van der Waals surface area contributed by atoms with Crippen LogP contribution < -0.4 is 0 Å². The minimum Gasteiger partial charge on any atom is -0.381 e. The quantitative estimate of drug-likeness (QED) is 0.670. The van der Waals surface area contributed by atoms with Gasteiger partial charge in [-0.3, -0.25) is 0 Å². The van der Waals surface area contributed by atoms with Crippen LogP contribution in [-0.4, -0.2) is 19.0 Å². The average molecular weight is 184 g/mol. The maximum atomic E-state index is 11.0. The summed E-state index contributed by atoms with van der Waals surface area (Å²) in [6.07, 6.45) is 4.58. The summed E-state index contributed by atoms with van der Waals surface area (Å²) in [5.41, 5.74) is 0. The van der Waals surface area contributed by atoms with Gasteiger partial charge in [0, 0.05) is 13.5 Å². The molecule has 0 radical (unpaired) electrons. The molecule has 13 heavy (non-hydrogen) atoms. The van der Waals surface area contributed by atoms with Crippen molar-refractivity contribution < 1.29 is 9.53 Å². The Bertz CT molecular complexity index is 177. The third-order valence-corrected chi connectivity index (χ3v) is 3.23. The molecule has 1 rings (SSSR count). The zero-order chi connectivity index (χ0) is 9.84. The number of Topliss-reactive ketones (excluding diaryl/α,β-unsaturated/α-hetero) is 1. The lowest BCUT2D eigenvalue weighted by Gasteiger charge is -2.21. The summed E-state index contributed by atoms with van der Waals surface area (Å²) in [6, 6.07) is 0. The fraction of sp³-hybridized carbons (Fsp3) is 0.909. The van der Waals surface area contributed by atoms with Crippen LogP contribution in [0.2, 0.25) is 0 Å². The van der Waals surface area contributed by atoms with E-state index in [1.807, 2.05) is 0 Å². The first kappa shape index (κ1) is 10.7. The molecule has 0 aromatic heterocycles. The minimum absolute atomic E-state index is 0.320. The summed E-state index contributed by atoms with van der Waals surface area (Å²) in [6.45, 7) is 3.88. The van der Waals surface area contributed by atoms with Crippen LogP contribution >= 0.6 is 0 Å². The molecule has 0 saturated heterocycles. The van der Waals surface area contributed by atoms with E-state index >= 15 is 0 Å². The topological polar surface area (TPSA) is 26.3 Å². The second-order valence-corrected chi connectivity index (χ2v) is 4.09. The van der Waals surface area contributed by atoms with Gasteiger partial charge in [-0.25, -0.2) is 0 Å². The normalized spacial score (nSPS) is 33.6. The fourth-order valence-electron chi connectivity index (χ4n) is 2.62. The number of rotatable bonds is 4. The lowest BCUT2D eigenvalue weighted by molar-refractivity contribution is -0.118. The largest absolute Gasteiger partial charge is 0.381 e. The molecule has 1 fully saturated rings. The summed E-state index contributed by atoms with van der Waals surface area (Å²) >= 11 is 0. The summed E-state index contributed by atoms with van der Waals surface area (Å²) in [7, 11) is 1.78. The highest BCUT2D eigenvalue weighted by Gasteiger charge is 2.35. The minimum atomic E-state index is 0.320. The average Bonchev–Trinajstić information content (AvgIpc) is 2.45. The van der Waals surface area contributed by atoms with Crippen LogP contribution in [0.25, 0.3) is 0 Å². The van der Waals surface area contributed by atoms with Crippen molar-refractivity contribution in [2.45, 2.75) is 45.6 Å². The van der Waals surface area contributed by atoms with Crippen LogP contribution in [0.5, 0.6) is 0 Å². The van der Waals surface area contributed by atoms with Crippen molar-refractivity contribution in [3.63, 3.8) is 0 Å². The molecule has 0 N–H and O–H groups in total. The SMILES string of the molecule is CCC1C(CC(C)=O)CCC1OC. The number of carbonyl (C=O) groups is 1. The van der Waals surface area contributed by atoms with Crippen molar-refractivity contribution in [1.82, 2.24) is 0 Å². The van der Waals surface area contributed by atoms with Gasteiger partial charge < -0.3 is 9.53 Å². The number of ether oxygens (including phenoxy) is 1. The first-order valence-electron chi connectivity index (χ1n) is 5.21. The van der Waals surface area contributed by atoms with Gasteiger partial charge in [0.15, 0.2) is 0 Å². The second kappa shape index (κ2) is 4.75. The first-order valence-corrected chi connectivity index (χ1v) is 5.21. The van der Waals surface area contributed by atoms with Gasteiger partial charge >= 0.3 is 0 Å². The highest BCUT2D eigenvalue weighted by molar-refractivity contribution is 5.75. The Kier molecular flexibility index (Phi) is 3.91. The van der Waals surface area contributed by atoms with E-state index in [2.05, 4.69) is 6.92 Å². The van der Waals surface area contributed by atoms with Gasteiger partial charge in [0.1, 0.15) is 5.78 Å². The van der Waals surface area contributed by atoms with Crippen LogP contribution in [0.15, 0.2) is 0 Å². The number of ketones is 1. The van der Waals surface area contributed by atoms with Gasteiger partial charge in [-0.05, 0) is 31.6 Å². The van der Waals surface area contributed by atoms with Gasteiger partial charge in [0.25, 0.3) is 0 Å². The maximum absolute atomic E-state index is 11.0. The molecule has 0 bridgehead atoms. The molecular formula is C11H20O2. The standard InChI is InChI=1S/C11H20O2/c1-4-10-9(7-8(2)12)5-6-11(10)13-3/h9-11H,4-7H2,1-3H3. The van der Waals surface area contributed by atoms with Crippen molar-refractivity contribution in [2.75, 3.05) is 7.11 Å². The number of carbonyl (C=O) groups excluding carboxylic acids is 1. The maximum Gasteiger partial charge on any atom is 0.130 e. The smallest absolute Gasteiger partial charge is 0.130 e. The van der Waals surface area contributed by atoms with Gasteiger partial charge in [-0.15, -0.1) is 0 Å². The highest BCUT2D eigenvalue weighted by Crippen LogP contribution is 2.38. The van der Waals surface area contributed by atoms with E-state index in [0.29, 0.717) is 23.7 Å². The third kappa shape index (κ3) is 2.53. The summed E-state index contributed by atoms with van der Waals surface area (Å²) in [5, 5.41) is 0. The van der Waals surface area contributed by atoms with Crippen LogP contribution in [0.3, 0.4) is 0 Å². The molecule has 3 unspecified atom stereocenters. The Balaban J connectivity index is 2.51. The van der Waals surface area contributed by atoms with Crippen molar-refractivity contribution in [3.05, 3.63) is 0 Å². The van der Waals surface area contributed by atoms with Gasteiger partial charge in [0.05, 0.1) is 6.10 Å². The zero-order valence-corrected chi connectivity index (χ0v) is 8.88. The lowest BCUT2D eigenvalue weighted by atomic mass is 9.88. The van der Waals surface area contributed by atoms with E-state index in [-0.39, 0.29) is 0 Å².